The van der Waals surface area contributed by atoms with Crippen molar-refractivity contribution in [3.8, 4) is 5.69 Å². The third-order valence-corrected chi connectivity index (χ3v) is 2.62. The molecule has 0 aliphatic heterocycles. The highest BCUT2D eigenvalue weighted by Crippen LogP contribution is 2.12. The Labute approximate surface area is 94.9 Å². The van der Waals surface area contributed by atoms with E-state index in [9.17, 15) is 0 Å². The Balaban J connectivity index is 2.31. The fourth-order valence-electron chi connectivity index (χ4n) is 1.55. The molecule has 0 amide bonds. The van der Waals surface area contributed by atoms with Crippen LogP contribution in [0.1, 0.15) is 17.0 Å². The van der Waals surface area contributed by atoms with Crippen LogP contribution >= 0.6 is 0 Å². The number of nitrogens with zero attached hydrogens (tertiary/aromatic N) is 3. The molecule has 2 rings (SSSR count). The summed E-state index contributed by atoms with van der Waals surface area (Å²) in [6.45, 7) is 4.60. The summed E-state index contributed by atoms with van der Waals surface area (Å²) in [5.41, 5.74) is 4.21. The van der Waals surface area contributed by atoms with Gasteiger partial charge in [-0.25, -0.2) is 4.68 Å². The van der Waals surface area contributed by atoms with Crippen molar-refractivity contribution in [2.45, 2.75) is 20.5 Å². The molecular weight excluding hydrogens is 202 g/mol. The van der Waals surface area contributed by atoms with Gasteiger partial charge in [-0.15, -0.1) is 5.10 Å². The van der Waals surface area contributed by atoms with Crippen molar-refractivity contribution in [2.24, 2.45) is 0 Å². The highest BCUT2D eigenvalue weighted by atomic mass is 16.5. The lowest BCUT2D eigenvalue weighted by Crippen LogP contribution is -1.99. The maximum Gasteiger partial charge on any atom is 0.0830 e. The molecule has 0 radical (unpaired) electrons. The lowest BCUT2D eigenvalue weighted by molar-refractivity contribution is 0.185. The number of aryl methyl sites for hydroxylation is 1. The van der Waals surface area contributed by atoms with Crippen molar-refractivity contribution in [1.82, 2.24) is 15.0 Å². The van der Waals surface area contributed by atoms with Crippen LogP contribution in [-0.2, 0) is 11.3 Å². The van der Waals surface area contributed by atoms with Crippen LogP contribution in [-0.4, -0.2) is 22.1 Å². The van der Waals surface area contributed by atoms with Gasteiger partial charge in [-0.2, -0.15) is 0 Å². The van der Waals surface area contributed by atoms with Crippen LogP contribution in [0, 0.1) is 13.8 Å². The lowest BCUT2D eigenvalue weighted by atomic mass is 10.2. The van der Waals surface area contributed by atoms with Gasteiger partial charge in [0.05, 0.1) is 23.7 Å². The van der Waals surface area contributed by atoms with Gasteiger partial charge >= 0.3 is 0 Å². The molecule has 0 unspecified atom stereocenters. The topological polar surface area (TPSA) is 39.9 Å². The number of benzene rings is 1. The molecule has 0 fully saturated rings. The van der Waals surface area contributed by atoms with Crippen molar-refractivity contribution in [3.63, 3.8) is 0 Å². The van der Waals surface area contributed by atoms with Crippen molar-refractivity contribution < 1.29 is 4.74 Å². The van der Waals surface area contributed by atoms with Crippen LogP contribution in [0.25, 0.3) is 5.69 Å². The fraction of sp³-hybridized carbons (Fsp3) is 0.333. The fourth-order valence-corrected chi connectivity index (χ4v) is 1.55. The highest BCUT2D eigenvalue weighted by molar-refractivity contribution is 5.35. The monoisotopic (exact) mass is 217 g/mol. The smallest absolute Gasteiger partial charge is 0.0830 e. The summed E-state index contributed by atoms with van der Waals surface area (Å²) in [4.78, 5) is 0. The molecule has 0 atom stereocenters. The molecule has 0 spiro atoms. The van der Waals surface area contributed by atoms with Gasteiger partial charge in [0.2, 0.25) is 0 Å². The molecular formula is C12H15N3O. The van der Waals surface area contributed by atoms with E-state index in [1.54, 1.807) is 7.11 Å². The molecule has 16 heavy (non-hydrogen) atoms. The predicted octanol–water partition coefficient (Wildman–Crippen LogP) is 2.03. The summed E-state index contributed by atoms with van der Waals surface area (Å²) in [5, 5.41) is 8.14. The van der Waals surface area contributed by atoms with Gasteiger partial charge in [-0.3, -0.25) is 0 Å². The summed E-state index contributed by atoms with van der Waals surface area (Å²) in [5.74, 6) is 0. The molecule has 1 aromatic carbocycles. The van der Waals surface area contributed by atoms with E-state index in [4.69, 9.17) is 4.74 Å². The Morgan fingerprint density at radius 1 is 1.19 bits per heavy atom. The second-order valence-corrected chi connectivity index (χ2v) is 3.77. The Morgan fingerprint density at radius 2 is 1.88 bits per heavy atom. The van der Waals surface area contributed by atoms with Crippen molar-refractivity contribution in [3.05, 3.63) is 41.2 Å². The predicted molar refractivity (Wildman–Crippen MR) is 61.5 cm³/mol. The van der Waals surface area contributed by atoms with Crippen LogP contribution in [0.3, 0.4) is 0 Å². The molecule has 0 N–H and O–H groups in total. The number of hydrogen-bond acceptors (Lipinski definition) is 3. The van der Waals surface area contributed by atoms with Gasteiger partial charge in [0.1, 0.15) is 0 Å². The highest BCUT2D eigenvalue weighted by Gasteiger charge is 2.05. The first kappa shape index (κ1) is 10.8. The van der Waals surface area contributed by atoms with E-state index in [-0.39, 0.29) is 0 Å². The van der Waals surface area contributed by atoms with Gasteiger partial charge < -0.3 is 4.74 Å². The third-order valence-electron chi connectivity index (χ3n) is 2.62. The molecule has 2 aromatic rings. The van der Waals surface area contributed by atoms with Gasteiger partial charge in [0, 0.05) is 7.11 Å². The summed E-state index contributed by atoms with van der Waals surface area (Å²) >= 11 is 0. The summed E-state index contributed by atoms with van der Waals surface area (Å²) in [7, 11) is 1.69. The third kappa shape index (κ3) is 1.97. The second-order valence-electron chi connectivity index (χ2n) is 3.77. The summed E-state index contributed by atoms with van der Waals surface area (Å²) in [6, 6.07) is 8.12. The quantitative estimate of drug-likeness (QED) is 0.789. The molecule has 0 bridgehead atoms. The minimum absolute atomic E-state index is 0.635. The largest absolute Gasteiger partial charge is 0.380 e. The Hall–Kier alpha value is -1.68. The van der Waals surface area contributed by atoms with E-state index >= 15 is 0 Å². The number of methoxy groups -OCH3 is 1. The second kappa shape index (κ2) is 4.45. The zero-order valence-corrected chi connectivity index (χ0v) is 9.77. The molecule has 4 heteroatoms. The zero-order chi connectivity index (χ0) is 11.5. The van der Waals surface area contributed by atoms with Gasteiger partial charge in [0.15, 0.2) is 0 Å². The van der Waals surface area contributed by atoms with Crippen LogP contribution in [0.5, 0.6) is 0 Å². The molecule has 0 saturated heterocycles. The first-order chi connectivity index (χ1) is 7.72. The number of rotatable bonds is 3. The number of aromatic nitrogens is 3. The summed E-state index contributed by atoms with van der Waals surface area (Å²) in [6.07, 6.45) is 0. The van der Waals surface area contributed by atoms with E-state index < -0.39 is 0 Å². The minimum Gasteiger partial charge on any atom is -0.380 e. The van der Waals surface area contributed by atoms with E-state index in [1.807, 2.05) is 42.8 Å². The molecule has 0 aliphatic rings. The van der Waals surface area contributed by atoms with Crippen LogP contribution < -0.4 is 0 Å². The molecule has 84 valence electrons. The standard InChI is InChI=1S/C12H15N3O/c1-9-10(2)15(14-13-9)12-6-4-11(5-7-12)8-16-3/h4-7H,8H2,1-3H3. The van der Waals surface area contributed by atoms with E-state index in [0.717, 1.165) is 22.6 Å². The first-order valence-corrected chi connectivity index (χ1v) is 5.19. The van der Waals surface area contributed by atoms with Crippen LogP contribution in [0.4, 0.5) is 0 Å². The minimum atomic E-state index is 0.635. The number of hydrogen-bond donors (Lipinski definition) is 0. The van der Waals surface area contributed by atoms with Crippen LogP contribution in [0.2, 0.25) is 0 Å². The van der Waals surface area contributed by atoms with Gasteiger partial charge in [0.25, 0.3) is 0 Å². The Morgan fingerprint density at radius 3 is 2.38 bits per heavy atom. The lowest BCUT2D eigenvalue weighted by Gasteiger charge is -2.04. The molecule has 1 aromatic heterocycles. The molecule has 1 heterocycles. The number of ether oxygens (including phenoxy) is 1. The first-order valence-electron chi connectivity index (χ1n) is 5.19. The normalized spacial score (nSPS) is 10.7. The van der Waals surface area contributed by atoms with Crippen LogP contribution in [0.15, 0.2) is 24.3 Å². The Kier molecular flexibility index (Phi) is 3.01. The van der Waals surface area contributed by atoms with Crippen molar-refractivity contribution in [2.75, 3.05) is 7.11 Å². The molecule has 0 aliphatic carbocycles. The average molecular weight is 217 g/mol. The SMILES string of the molecule is COCc1ccc(-n2nnc(C)c2C)cc1. The maximum absolute atomic E-state index is 5.07. The van der Waals surface area contributed by atoms with E-state index in [2.05, 4.69) is 10.3 Å². The van der Waals surface area contributed by atoms with E-state index in [1.165, 1.54) is 0 Å². The van der Waals surface area contributed by atoms with Crippen molar-refractivity contribution >= 4 is 0 Å². The maximum atomic E-state index is 5.07. The van der Waals surface area contributed by atoms with Crippen molar-refractivity contribution in [1.29, 1.82) is 0 Å². The zero-order valence-electron chi connectivity index (χ0n) is 9.77. The van der Waals surface area contributed by atoms with E-state index in [0.29, 0.717) is 6.61 Å². The summed E-state index contributed by atoms with van der Waals surface area (Å²) < 4.78 is 6.91. The van der Waals surface area contributed by atoms with Gasteiger partial charge in [-0.05, 0) is 31.5 Å². The van der Waals surface area contributed by atoms with Gasteiger partial charge in [-0.1, -0.05) is 17.3 Å². The Bertz CT molecular complexity index is 474. The average Bonchev–Trinajstić information content (AvgIpc) is 2.62. The molecule has 0 saturated carbocycles. The molecule has 4 nitrogen and oxygen atoms in total.